The van der Waals surface area contributed by atoms with Gasteiger partial charge in [-0.1, -0.05) is 47.7 Å². The average molecular weight is 472 g/mol. The summed E-state index contributed by atoms with van der Waals surface area (Å²) in [5.41, 5.74) is 10.2. The molecule has 1 atom stereocenters. The molecule has 0 bridgehead atoms. The molecule has 0 saturated carbocycles. The summed E-state index contributed by atoms with van der Waals surface area (Å²) in [6.07, 6.45) is 1.46. The number of rotatable bonds is 8. The van der Waals surface area contributed by atoms with Crippen LogP contribution in [0.15, 0.2) is 58.1 Å². The molecular formula is C23H23N2O3S3+. The molecule has 0 spiro atoms. The minimum Gasteiger partial charge on any atom is -0.466 e. The number of fused-ring (bicyclic) bond motifs is 1. The summed E-state index contributed by atoms with van der Waals surface area (Å²) in [7, 11) is 0. The Morgan fingerprint density at radius 2 is 2.00 bits per heavy atom. The van der Waals surface area contributed by atoms with Gasteiger partial charge in [-0.3, -0.25) is 4.79 Å². The van der Waals surface area contributed by atoms with E-state index in [0.29, 0.717) is 24.5 Å². The minimum absolute atomic E-state index is 0.280. The van der Waals surface area contributed by atoms with Crippen molar-refractivity contribution in [2.75, 3.05) is 18.1 Å². The van der Waals surface area contributed by atoms with Gasteiger partial charge in [-0.05, 0) is 41.5 Å². The predicted octanol–water partition coefficient (Wildman–Crippen LogP) is 6.07. The zero-order valence-electron chi connectivity index (χ0n) is 17.0. The number of carbonyl (C=O) groups excluding carboxylic acids is 1. The first-order valence-corrected chi connectivity index (χ1v) is 12.9. The summed E-state index contributed by atoms with van der Waals surface area (Å²) in [4.78, 5) is 17.7. The summed E-state index contributed by atoms with van der Waals surface area (Å²) < 4.78 is 16.6. The van der Waals surface area contributed by atoms with Crippen LogP contribution < -0.4 is 5.73 Å². The Hall–Kier alpha value is -2.39. The number of benzene rings is 1. The second-order valence-electron chi connectivity index (χ2n) is 7.00. The van der Waals surface area contributed by atoms with Crippen LogP contribution in [0.1, 0.15) is 19.8 Å². The van der Waals surface area contributed by atoms with Crippen LogP contribution in [-0.2, 0) is 20.7 Å². The fourth-order valence-corrected chi connectivity index (χ4v) is 6.75. The molecule has 8 heteroatoms. The highest BCUT2D eigenvalue weighted by Crippen LogP contribution is 2.43. The van der Waals surface area contributed by atoms with Crippen molar-refractivity contribution in [3.8, 4) is 21.7 Å². The van der Waals surface area contributed by atoms with E-state index >= 15 is 0 Å². The molecule has 0 fully saturated rings. The second-order valence-corrected chi connectivity index (χ2v) is 10.7. The molecule has 0 aliphatic carbocycles. The van der Waals surface area contributed by atoms with Gasteiger partial charge in [-0.15, -0.1) is 11.3 Å². The fraction of sp³-hybridized carbons (Fsp3) is 0.217. The van der Waals surface area contributed by atoms with Crippen molar-refractivity contribution in [2.24, 2.45) is 0 Å². The highest BCUT2D eigenvalue weighted by molar-refractivity contribution is 7.93. The minimum atomic E-state index is -0.984. The van der Waals surface area contributed by atoms with Gasteiger partial charge in [-0.25, -0.2) is 4.98 Å². The molecule has 160 valence electrons. The zero-order chi connectivity index (χ0) is 21.8. The summed E-state index contributed by atoms with van der Waals surface area (Å²) in [6, 6.07) is 16.3. The molecule has 0 saturated heterocycles. The summed E-state index contributed by atoms with van der Waals surface area (Å²) in [6.45, 7) is 1.77. The molecule has 31 heavy (non-hydrogen) atoms. The predicted molar refractivity (Wildman–Crippen MR) is 132 cm³/mol. The van der Waals surface area contributed by atoms with Crippen LogP contribution in [0.5, 0.6) is 0 Å². The van der Waals surface area contributed by atoms with Crippen molar-refractivity contribution in [1.29, 1.82) is 0 Å². The number of unbranched alkanes of at least 4 members (excludes halogenated alkanes) is 1. The Morgan fingerprint density at radius 3 is 2.71 bits per heavy atom. The number of anilines is 1. The molecule has 1 aromatic carbocycles. The third kappa shape index (κ3) is 4.93. The topological polar surface area (TPSA) is 85.4 Å². The Morgan fingerprint density at radius 1 is 1.19 bits per heavy atom. The molecule has 4 rings (SSSR count). The lowest BCUT2D eigenvalue weighted by atomic mass is 10.0. The van der Waals surface area contributed by atoms with Gasteiger partial charge < -0.3 is 10.5 Å². The molecule has 0 aliphatic heterocycles. The van der Waals surface area contributed by atoms with Crippen LogP contribution in [0.2, 0.25) is 0 Å². The smallest absolute Gasteiger partial charge is 0.302 e. The number of hydrogen-bond acceptors (Lipinski definition) is 7. The lowest BCUT2D eigenvalue weighted by molar-refractivity contribution is -0.141. The van der Waals surface area contributed by atoms with Crippen LogP contribution in [0.3, 0.4) is 0 Å². The van der Waals surface area contributed by atoms with E-state index in [4.69, 9.17) is 15.5 Å². The van der Waals surface area contributed by atoms with E-state index in [9.17, 15) is 9.35 Å². The normalized spacial score (nSPS) is 12.2. The monoisotopic (exact) mass is 471 g/mol. The molecule has 1 unspecified atom stereocenters. The first-order valence-electron chi connectivity index (χ1n) is 9.90. The van der Waals surface area contributed by atoms with Gasteiger partial charge in [0.05, 0.1) is 17.2 Å². The van der Waals surface area contributed by atoms with Crippen molar-refractivity contribution in [3.05, 3.63) is 53.9 Å². The second kappa shape index (κ2) is 9.82. The maximum atomic E-state index is 10.9. The largest absolute Gasteiger partial charge is 0.466 e. The van der Waals surface area contributed by atoms with Gasteiger partial charge in [0.2, 0.25) is 0 Å². The molecule has 0 aliphatic rings. The number of aromatic nitrogens is 1. The van der Waals surface area contributed by atoms with Crippen molar-refractivity contribution in [3.63, 3.8) is 0 Å². The molecule has 4 aromatic rings. The maximum Gasteiger partial charge on any atom is 0.302 e. The van der Waals surface area contributed by atoms with Gasteiger partial charge in [0.25, 0.3) is 4.21 Å². The van der Waals surface area contributed by atoms with Crippen molar-refractivity contribution in [1.82, 2.24) is 4.98 Å². The van der Waals surface area contributed by atoms with E-state index in [1.807, 2.05) is 29.6 Å². The number of pyridine rings is 1. The number of ether oxygens (including phenoxy) is 1. The summed E-state index contributed by atoms with van der Waals surface area (Å²) in [5, 5.41) is 2.94. The Bertz CT molecular complexity index is 1170. The molecule has 3 heterocycles. The first kappa shape index (κ1) is 21.8. The quantitative estimate of drug-likeness (QED) is 0.185. The number of thiophene rings is 2. The summed E-state index contributed by atoms with van der Waals surface area (Å²) in [5.74, 6) is 0.300. The maximum absolute atomic E-state index is 10.9. The van der Waals surface area contributed by atoms with Gasteiger partial charge in [0, 0.05) is 12.3 Å². The van der Waals surface area contributed by atoms with E-state index in [-0.39, 0.29) is 5.97 Å². The van der Waals surface area contributed by atoms with Crippen LogP contribution in [0.25, 0.3) is 31.9 Å². The molecular weight excluding hydrogens is 448 g/mol. The number of nitrogens with zero attached hydrogens (tertiary/aromatic N) is 1. The van der Waals surface area contributed by atoms with Gasteiger partial charge in [0.15, 0.2) is 11.2 Å². The first-order chi connectivity index (χ1) is 15.0. The van der Waals surface area contributed by atoms with Crippen molar-refractivity contribution < 1.29 is 14.1 Å². The van der Waals surface area contributed by atoms with Crippen LogP contribution >= 0.6 is 22.7 Å². The molecule has 0 amide bonds. The van der Waals surface area contributed by atoms with Gasteiger partial charge in [-0.2, -0.15) is 4.55 Å². The molecule has 3 N–H and O–H groups in total. The van der Waals surface area contributed by atoms with E-state index in [1.165, 1.54) is 18.3 Å². The third-order valence-corrected chi connectivity index (χ3v) is 8.71. The highest BCUT2D eigenvalue weighted by atomic mass is 32.2. The lowest BCUT2D eigenvalue weighted by Crippen LogP contribution is -2.08. The zero-order valence-corrected chi connectivity index (χ0v) is 19.5. The van der Waals surface area contributed by atoms with Gasteiger partial charge in [0.1, 0.15) is 16.3 Å². The Balaban J connectivity index is 1.69. The number of carbonyl (C=O) groups is 1. The van der Waals surface area contributed by atoms with Crippen molar-refractivity contribution in [2.45, 2.75) is 24.0 Å². The number of hydrogen-bond donors (Lipinski definition) is 2. The number of nitrogens with two attached hydrogens (primary N) is 1. The fourth-order valence-electron chi connectivity index (χ4n) is 3.32. The van der Waals surface area contributed by atoms with Gasteiger partial charge >= 0.3 is 5.97 Å². The number of nitrogen functional groups attached to an aromatic ring is 1. The highest BCUT2D eigenvalue weighted by Gasteiger charge is 2.29. The Kier molecular flexibility index (Phi) is 6.92. The lowest BCUT2D eigenvalue weighted by Gasteiger charge is -2.07. The van der Waals surface area contributed by atoms with Crippen LogP contribution in [0.4, 0.5) is 5.69 Å². The van der Waals surface area contributed by atoms with Crippen molar-refractivity contribution >= 4 is 55.7 Å². The van der Waals surface area contributed by atoms with E-state index < -0.39 is 11.2 Å². The SMILES string of the molecule is CC(=O)OCCCC[S+](O)c1sc2nc(-c3cccs3)cc(-c3ccccc3)c2c1N. The van der Waals surface area contributed by atoms with Crippen LogP contribution in [-0.4, -0.2) is 27.9 Å². The summed E-state index contributed by atoms with van der Waals surface area (Å²) >= 11 is 2.13. The van der Waals surface area contributed by atoms with Crippen LogP contribution in [0, 0.1) is 0 Å². The third-order valence-electron chi connectivity index (χ3n) is 4.77. The average Bonchev–Trinajstić information content (AvgIpc) is 3.42. The van der Waals surface area contributed by atoms with E-state index in [1.54, 1.807) is 11.3 Å². The Labute approximate surface area is 192 Å². The number of esters is 1. The standard InChI is InChI=1S/C23H23N2O3S3/c1-15(26)28-11-5-6-13-31(27)23-21(24)20-17(16-8-3-2-4-9-16)14-18(25-22(20)30-23)19-10-7-12-29-19/h2-4,7-10,12,14,27H,5-6,11,13,24H2,1H3/q+1. The molecule has 5 nitrogen and oxygen atoms in total. The molecule has 3 aromatic heterocycles. The van der Waals surface area contributed by atoms with E-state index in [0.717, 1.165) is 42.5 Å². The van der Waals surface area contributed by atoms with E-state index in [2.05, 4.69) is 24.3 Å². The molecule has 0 radical (unpaired) electrons.